The molecule has 10 nitrogen and oxygen atoms in total. The van der Waals surface area contributed by atoms with E-state index < -0.39 is 88.1 Å². The third-order valence-corrected chi connectivity index (χ3v) is 9.17. The normalized spacial score (nSPS) is 46.9. The molecule has 10 atom stereocenters. The van der Waals surface area contributed by atoms with Gasteiger partial charge < -0.3 is 28.4 Å². The molecule has 188 valence electrons. The molecule has 2 unspecified atom stereocenters. The second-order valence-electron chi connectivity index (χ2n) is 11.3. The van der Waals surface area contributed by atoms with E-state index >= 15 is 0 Å². The summed E-state index contributed by atoms with van der Waals surface area (Å²) in [7, 11) is 2.72. The van der Waals surface area contributed by atoms with Crippen LogP contribution in [-0.4, -0.2) is 68.3 Å². The molecule has 3 heterocycles. The lowest BCUT2D eigenvalue weighted by Gasteiger charge is -2.47. The smallest absolute Gasteiger partial charge is 0.340 e. The van der Waals surface area contributed by atoms with Crippen molar-refractivity contribution in [3.8, 4) is 0 Å². The highest BCUT2D eigenvalue weighted by atomic mass is 16.8. The molecule has 5 aliphatic rings. The van der Waals surface area contributed by atoms with Gasteiger partial charge in [-0.05, 0) is 18.3 Å². The standard InChI is InChI=1S/C24H32O10/c1-10(17(26)30-7)12-8-9-22-15-13(31-11(2)25)14(21(3,4)5)23(22)16(29-6)18(27)33-20(23)34-24(12,22)19(28)32-15/h10,12-16,20H,8-9H2,1-7H3/t10?,12-,13-,14+,15?,16+,20+,22-,23+,24-/m1/s1. The number of carbonyl (C=O) groups is 4. The molecule has 5 fully saturated rings. The van der Waals surface area contributed by atoms with Gasteiger partial charge in [0.1, 0.15) is 12.2 Å². The van der Waals surface area contributed by atoms with Crippen LogP contribution in [0.3, 0.4) is 0 Å². The van der Waals surface area contributed by atoms with Crippen LogP contribution in [0.1, 0.15) is 47.5 Å². The zero-order valence-electron chi connectivity index (χ0n) is 20.5. The summed E-state index contributed by atoms with van der Waals surface area (Å²) in [6, 6.07) is 0. The molecule has 3 aliphatic heterocycles. The Labute approximate surface area is 197 Å². The van der Waals surface area contributed by atoms with Gasteiger partial charge >= 0.3 is 23.9 Å². The molecule has 0 N–H and O–H groups in total. The van der Waals surface area contributed by atoms with Crippen molar-refractivity contribution in [3.05, 3.63) is 0 Å². The molecule has 2 saturated carbocycles. The Morgan fingerprint density at radius 3 is 2.38 bits per heavy atom. The number of methoxy groups -OCH3 is 2. The van der Waals surface area contributed by atoms with Crippen LogP contribution in [0.15, 0.2) is 0 Å². The summed E-state index contributed by atoms with van der Waals surface area (Å²) in [4.78, 5) is 51.7. The predicted molar refractivity (Wildman–Crippen MR) is 112 cm³/mol. The van der Waals surface area contributed by atoms with Gasteiger partial charge in [-0.3, -0.25) is 9.59 Å². The van der Waals surface area contributed by atoms with E-state index in [2.05, 4.69) is 0 Å². The summed E-state index contributed by atoms with van der Waals surface area (Å²) >= 11 is 0. The van der Waals surface area contributed by atoms with Crippen molar-refractivity contribution in [2.24, 2.45) is 34.0 Å². The quantitative estimate of drug-likeness (QED) is 0.430. The maximum Gasteiger partial charge on any atom is 0.340 e. The topological polar surface area (TPSA) is 124 Å². The predicted octanol–water partition coefficient (Wildman–Crippen LogP) is 1.38. The molecule has 2 spiro atoms. The van der Waals surface area contributed by atoms with Gasteiger partial charge in [-0.25, -0.2) is 9.59 Å². The SMILES string of the molecule is COC(=O)C(C)[C@H]1CC[C@]23C4OC(=O)[C@]12O[C@@H]1OC(=O)[C@H](OC)[C@@]13[C@H](C(C)(C)C)[C@H]4OC(C)=O. The van der Waals surface area contributed by atoms with Crippen molar-refractivity contribution < 1.29 is 47.6 Å². The minimum absolute atomic E-state index is 0.409. The second kappa shape index (κ2) is 6.94. The summed E-state index contributed by atoms with van der Waals surface area (Å²) in [5.74, 6) is -3.95. The van der Waals surface area contributed by atoms with Crippen LogP contribution in [0.5, 0.6) is 0 Å². The summed E-state index contributed by atoms with van der Waals surface area (Å²) in [5.41, 5.74) is -4.36. The van der Waals surface area contributed by atoms with Crippen LogP contribution in [0.25, 0.3) is 0 Å². The molecule has 3 saturated heterocycles. The first-order valence-corrected chi connectivity index (χ1v) is 11.7. The van der Waals surface area contributed by atoms with E-state index in [0.717, 1.165) is 0 Å². The summed E-state index contributed by atoms with van der Waals surface area (Å²) < 4.78 is 35.0. The third kappa shape index (κ3) is 2.25. The van der Waals surface area contributed by atoms with Crippen LogP contribution in [0, 0.1) is 34.0 Å². The monoisotopic (exact) mass is 480 g/mol. The molecule has 0 bridgehead atoms. The first-order chi connectivity index (χ1) is 15.9. The number of hydrogen-bond donors (Lipinski definition) is 0. The Kier molecular flexibility index (Phi) is 4.80. The molecular formula is C24H32O10. The maximum atomic E-state index is 13.7. The van der Waals surface area contributed by atoms with E-state index in [-0.39, 0.29) is 0 Å². The number of hydrogen-bond acceptors (Lipinski definition) is 10. The molecular weight excluding hydrogens is 448 g/mol. The molecule has 2 aliphatic carbocycles. The Bertz CT molecular complexity index is 969. The molecule has 0 aromatic carbocycles. The van der Waals surface area contributed by atoms with E-state index in [9.17, 15) is 19.2 Å². The summed E-state index contributed by atoms with van der Waals surface area (Å²) in [5, 5.41) is 0. The average molecular weight is 481 g/mol. The van der Waals surface area contributed by atoms with E-state index in [4.69, 9.17) is 28.4 Å². The highest BCUT2D eigenvalue weighted by molar-refractivity contribution is 5.90. The van der Waals surface area contributed by atoms with Crippen LogP contribution in [0.4, 0.5) is 0 Å². The lowest BCUT2D eigenvalue weighted by molar-refractivity contribution is -0.208. The number of carbonyl (C=O) groups excluding carboxylic acids is 4. The molecule has 0 aromatic rings. The first-order valence-electron chi connectivity index (χ1n) is 11.7. The van der Waals surface area contributed by atoms with Gasteiger partial charge in [0.25, 0.3) is 0 Å². The minimum Gasteiger partial charge on any atom is -0.469 e. The van der Waals surface area contributed by atoms with Gasteiger partial charge in [0, 0.05) is 25.9 Å². The molecule has 5 rings (SSSR count). The number of ether oxygens (including phenoxy) is 6. The molecule has 0 radical (unpaired) electrons. The summed E-state index contributed by atoms with van der Waals surface area (Å²) in [6.07, 6.45) is -3.02. The molecule has 10 heteroatoms. The average Bonchev–Trinajstić information content (AvgIpc) is 3.41. The van der Waals surface area contributed by atoms with Crippen LogP contribution in [0.2, 0.25) is 0 Å². The van der Waals surface area contributed by atoms with E-state index in [0.29, 0.717) is 12.8 Å². The van der Waals surface area contributed by atoms with E-state index in [1.807, 2.05) is 20.8 Å². The maximum absolute atomic E-state index is 13.7. The van der Waals surface area contributed by atoms with Gasteiger partial charge in [0.15, 0.2) is 11.7 Å². The van der Waals surface area contributed by atoms with Gasteiger partial charge in [-0.2, -0.15) is 0 Å². The van der Waals surface area contributed by atoms with E-state index in [1.54, 1.807) is 6.92 Å². The van der Waals surface area contributed by atoms with Crippen molar-refractivity contribution in [2.45, 2.75) is 77.7 Å². The lowest BCUT2D eigenvalue weighted by Crippen LogP contribution is -2.60. The molecule has 34 heavy (non-hydrogen) atoms. The highest BCUT2D eigenvalue weighted by Crippen LogP contribution is 2.83. The molecule has 0 amide bonds. The van der Waals surface area contributed by atoms with Crippen LogP contribution in [-0.2, 0) is 47.6 Å². The van der Waals surface area contributed by atoms with Gasteiger partial charge in [-0.1, -0.05) is 27.7 Å². The van der Waals surface area contributed by atoms with E-state index in [1.165, 1.54) is 21.1 Å². The fraction of sp³-hybridized carbons (Fsp3) is 0.833. The van der Waals surface area contributed by atoms with Crippen molar-refractivity contribution in [1.29, 1.82) is 0 Å². The van der Waals surface area contributed by atoms with Crippen molar-refractivity contribution in [2.75, 3.05) is 14.2 Å². The minimum atomic E-state index is -1.56. The van der Waals surface area contributed by atoms with Gasteiger partial charge in [0.2, 0.25) is 6.29 Å². The Morgan fingerprint density at radius 1 is 1.15 bits per heavy atom. The van der Waals surface area contributed by atoms with Gasteiger partial charge in [0.05, 0.1) is 23.9 Å². The van der Waals surface area contributed by atoms with Crippen molar-refractivity contribution in [3.63, 3.8) is 0 Å². The fourth-order valence-corrected chi connectivity index (χ4v) is 8.59. The highest BCUT2D eigenvalue weighted by Gasteiger charge is 2.98. The van der Waals surface area contributed by atoms with Crippen LogP contribution < -0.4 is 0 Å². The third-order valence-electron chi connectivity index (χ3n) is 9.17. The number of esters is 4. The Hall–Kier alpha value is -2.20. The zero-order valence-corrected chi connectivity index (χ0v) is 20.5. The largest absolute Gasteiger partial charge is 0.469 e. The summed E-state index contributed by atoms with van der Waals surface area (Å²) in [6.45, 7) is 8.96. The van der Waals surface area contributed by atoms with Gasteiger partial charge in [-0.15, -0.1) is 0 Å². The Morgan fingerprint density at radius 2 is 1.82 bits per heavy atom. The van der Waals surface area contributed by atoms with Crippen molar-refractivity contribution in [1.82, 2.24) is 0 Å². The fourth-order valence-electron chi connectivity index (χ4n) is 8.59. The zero-order chi connectivity index (χ0) is 25.0. The first kappa shape index (κ1) is 23.5. The number of rotatable bonds is 4. The Balaban J connectivity index is 1.81. The van der Waals surface area contributed by atoms with Crippen LogP contribution >= 0.6 is 0 Å². The van der Waals surface area contributed by atoms with Crippen molar-refractivity contribution >= 4 is 23.9 Å². The lowest BCUT2D eigenvalue weighted by atomic mass is 9.52. The molecule has 0 aromatic heterocycles. The second-order valence-corrected chi connectivity index (χ2v) is 11.3.